The van der Waals surface area contributed by atoms with E-state index in [0.29, 0.717) is 0 Å². The molecule has 2 aromatic rings. The molecule has 1 aromatic carbocycles. The topological polar surface area (TPSA) is 26.0 Å². The zero-order valence-corrected chi connectivity index (χ0v) is 10.6. The maximum atomic E-state index is 6.13. The summed E-state index contributed by atoms with van der Waals surface area (Å²) >= 11 is 5.13. The lowest BCUT2D eigenvalue weighted by Gasteiger charge is -2.09. The van der Waals surface area contributed by atoms with Crippen molar-refractivity contribution in [1.82, 2.24) is 0 Å². The van der Waals surface area contributed by atoms with E-state index in [0.717, 1.165) is 10.2 Å². The Hall–Kier alpha value is -0.640. The van der Waals surface area contributed by atoms with Crippen molar-refractivity contribution in [2.75, 3.05) is 0 Å². The van der Waals surface area contributed by atoms with Gasteiger partial charge in [-0.1, -0.05) is 30.3 Å². The molecule has 78 valence electrons. The lowest BCUT2D eigenvalue weighted by molar-refractivity contribution is 0.725. The van der Waals surface area contributed by atoms with E-state index in [2.05, 4.69) is 39.5 Å². The Balaban J connectivity index is 2.07. The third-order valence-corrected chi connectivity index (χ3v) is 3.84. The van der Waals surface area contributed by atoms with Crippen LogP contribution in [0.15, 0.2) is 45.6 Å². The molecule has 1 unspecified atom stereocenters. The number of halogens is 1. The van der Waals surface area contributed by atoms with Gasteiger partial charge in [0.1, 0.15) is 0 Å². The van der Waals surface area contributed by atoms with E-state index in [1.807, 2.05) is 18.2 Å². The summed E-state index contributed by atoms with van der Waals surface area (Å²) in [5, 5.41) is 2.11. The van der Waals surface area contributed by atoms with Crippen molar-refractivity contribution in [3.8, 4) is 0 Å². The Bertz CT molecular complexity index is 424. The molecular weight excluding hydrogens is 270 g/mol. The summed E-state index contributed by atoms with van der Waals surface area (Å²) in [7, 11) is 0. The zero-order chi connectivity index (χ0) is 10.7. The molecule has 1 nitrogen and oxygen atoms in total. The van der Waals surface area contributed by atoms with Gasteiger partial charge in [0.25, 0.3) is 0 Å². The standard InChI is InChI=1S/C12H12BrNS/c13-12-7-10(8-15-12)11(14)6-9-4-2-1-3-5-9/h1-5,7-8,11H,6,14H2. The van der Waals surface area contributed by atoms with E-state index < -0.39 is 0 Å². The van der Waals surface area contributed by atoms with Crippen molar-refractivity contribution in [2.24, 2.45) is 5.73 Å². The van der Waals surface area contributed by atoms with Crippen molar-refractivity contribution in [3.63, 3.8) is 0 Å². The van der Waals surface area contributed by atoms with Crippen LogP contribution < -0.4 is 5.73 Å². The number of thiophene rings is 1. The third-order valence-electron chi connectivity index (χ3n) is 2.31. The van der Waals surface area contributed by atoms with Gasteiger partial charge < -0.3 is 5.73 Å². The molecule has 0 spiro atoms. The van der Waals surface area contributed by atoms with Gasteiger partial charge >= 0.3 is 0 Å². The van der Waals surface area contributed by atoms with Crippen LogP contribution in [-0.4, -0.2) is 0 Å². The number of nitrogens with two attached hydrogens (primary N) is 1. The minimum Gasteiger partial charge on any atom is -0.324 e. The van der Waals surface area contributed by atoms with E-state index in [-0.39, 0.29) is 6.04 Å². The van der Waals surface area contributed by atoms with E-state index in [1.165, 1.54) is 11.1 Å². The van der Waals surface area contributed by atoms with Crippen molar-refractivity contribution < 1.29 is 0 Å². The quantitative estimate of drug-likeness (QED) is 0.911. The second-order valence-electron chi connectivity index (χ2n) is 3.48. The Morgan fingerprint density at radius 2 is 2.00 bits per heavy atom. The molecule has 0 radical (unpaired) electrons. The average Bonchev–Trinajstić information content (AvgIpc) is 2.66. The van der Waals surface area contributed by atoms with Crippen molar-refractivity contribution in [1.29, 1.82) is 0 Å². The molecule has 0 aliphatic rings. The van der Waals surface area contributed by atoms with E-state index >= 15 is 0 Å². The van der Waals surface area contributed by atoms with Gasteiger partial charge in [-0.25, -0.2) is 0 Å². The SMILES string of the molecule is NC(Cc1ccccc1)c1csc(Br)c1. The van der Waals surface area contributed by atoms with Crippen LogP contribution in [0.25, 0.3) is 0 Å². The van der Waals surface area contributed by atoms with Gasteiger partial charge in [0, 0.05) is 6.04 Å². The number of hydrogen-bond donors (Lipinski definition) is 1. The van der Waals surface area contributed by atoms with Crippen LogP contribution in [0.5, 0.6) is 0 Å². The first-order valence-corrected chi connectivity index (χ1v) is 6.46. The molecule has 1 atom stereocenters. The van der Waals surface area contributed by atoms with E-state index in [9.17, 15) is 0 Å². The van der Waals surface area contributed by atoms with Gasteiger partial charge in [-0.3, -0.25) is 0 Å². The third kappa shape index (κ3) is 2.91. The molecule has 1 heterocycles. The zero-order valence-electron chi connectivity index (χ0n) is 8.19. The molecule has 0 amide bonds. The van der Waals surface area contributed by atoms with Crippen molar-refractivity contribution >= 4 is 27.3 Å². The Labute approximate surface area is 102 Å². The predicted molar refractivity (Wildman–Crippen MR) is 69.1 cm³/mol. The van der Waals surface area contributed by atoms with Gasteiger partial charge in [-0.2, -0.15) is 0 Å². The fourth-order valence-corrected chi connectivity index (χ4v) is 2.74. The second kappa shape index (κ2) is 4.92. The van der Waals surface area contributed by atoms with Crippen molar-refractivity contribution in [2.45, 2.75) is 12.5 Å². The highest BCUT2D eigenvalue weighted by molar-refractivity contribution is 9.11. The van der Waals surface area contributed by atoms with Crippen LogP contribution >= 0.6 is 27.3 Å². The summed E-state index contributed by atoms with van der Waals surface area (Å²) in [5.41, 5.74) is 8.62. The van der Waals surface area contributed by atoms with E-state index in [4.69, 9.17) is 5.73 Å². The first kappa shape index (κ1) is 10.9. The normalized spacial score (nSPS) is 12.7. The van der Waals surface area contributed by atoms with Crippen LogP contribution in [-0.2, 0) is 6.42 Å². The molecule has 0 saturated carbocycles. The second-order valence-corrected chi connectivity index (χ2v) is 5.77. The van der Waals surface area contributed by atoms with Gasteiger partial charge in [0.15, 0.2) is 0 Å². The number of rotatable bonds is 3. The molecule has 0 aliphatic carbocycles. The molecule has 0 bridgehead atoms. The summed E-state index contributed by atoms with van der Waals surface area (Å²) in [5.74, 6) is 0. The number of hydrogen-bond acceptors (Lipinski definition) is 2. The van der Waals surface area contributed by atoms with Gasteiger partial charge in [-0.15, -0.1) is 11.3 Å². The Kier molecular flexibility index (Phi) is 3.57. The lowest BCUT2D eigenvalue weighted by Crippen LogP contribution is -2.12. The van der Waals surface area contributed by atoms with Crippen LogP contribution in [0.3, 0.4) is 0 Å². The van der Waals surface area contributed by atoms with Crippen LogP contribution in [0.4, 0.5) is 0 Å². The monoisotopic (exact) mass is 281 g/mol. The first-order valence-electron chi connectivity index (χ1n) is 4.79. The lowest BCUT2D eigenvalue weighted by atomic mass is 10.0. The average molecular weight is 282 g/mol. The first-order chi connectivity index (χ1) is 7.25. The van der Waals surface area contributed by atoms with Crippen LogP contribution in [0.2, 0.25) is 0 Å². The highest BCUT2D eigenvalue weighted by Gasteiger charge is 2.08. The largest absolute Gasteiger partial charge is 0.324 e. The molecule has 0 aliphatic heterocycles. The van der Waals surface area contributed by atoms with Crippen LogP contribution in [0.1, 0.15) is 17.2 Å². The summed E-state index contributed by atoms with van der Waals surface area (Å²) < 4.78 is 1.14. The minimum absolute atomic E-state index is 0.0925. The summed E-state index contributed by atoms with van der Waals surface area (Å²) in [6.07, 6.45) is 0.893. The predicted octanol–water partition coefficient (Wildman–Crippen LogP) is 3.75. The summed E-state index contributed by atoms with van der Waals surface area (Å²) in [6, 6.07) is 12.5. The number of benzene rings is 1. The van der Waals surface area contributed by atoms with Gasteiger partial charge in [-0.05, 0) is 44.9 Å². The molecule has 0 saturated heterocycles. The van der Waals surface area contributed by atoms with Crippen LogP contribution in [0, 0.1) is 0 Å². The fraction of sp³-hybridized carbons (Fsp3) is 0.167. The van der Waals surface area contributed by atoms with E-state index in [1.54, 1.807) is 11.3 Å². The smallest absolute Gasteiger partial charge is 0.0701 e. The molecule has 2 rings (SSSR count). The highest BCUT2D eigenvalue weighted by Crippen LogP contribution is 2.25. The molecule has 2 N–H and O–H groups in total. The van der Waals surface area contributed by atoms with Gasteiger partial charge in [0.2, 0.25) is 0 Å². The summed E-state index contributed by atoms with van der Waals surface area (Å²) in [4.78, 5) is 0. The minimum atomic E-state index is 0.0925. The molecule has 3 heteroatoms. The van der Waals surface area contributed by atoms with Crippen molar-refractivity contribution in [3.05, 3.63) is 56.7 Å². The van der Waals surface area contributed by atoms with Gasteiger partial charge in [0.05, 0.1) is 3.79 Å². The molecule has 15 heavy (non-hydrogen) atoms. The maximum Gasteiger partial charge on any atom is 0.0701 e. The molecular formula is C12H12BrNS. The molecule has 0 fully saturated rings. The maximum absolute atomic E-state index is 6.13. The highest BCUT2D eigenvalue weighted by atomic mass is 79.9. The summed E-state index contributed by atoms with van der Waals surface area (Å²) in [6.45, 7) is 0. The Morgan fingerprint density at radius 3 is 2.60 bits per heavy atom. The Morgan fingerprint density at radius 1 is 1.27 bits per heavy atom. The molecule has 1 aromatic heterocycles. The fourth-order valence-electron chi connectivity index (χ4n) is 1.50.